The Morgan fingerprint density at radius 1 is 1.13 bits per heavy atom. The van der Waals surface area contributed by atoms with E-state index in [4.69, 9.17) is 11.6 Å². The zero-order chi connectivity index (χ0) is 16.4. The van der Waals surface area contributed by atoms with E-state index in [-0.39, 0.29) is 10.1 Å². The van der Waals surface area contributed by atoms with Gasteiger partial charge in [-0.15, -0.1) is 11.3 Å². The Morgan fingerprint density at radius 3 is 2.52 bits per heavy atom. The molecular weight excluding hydrogens is 356 g/mol. The molecule has 0 spiro atoms. The molecule has 8 heteroatoms. The number of hydrogen-bond acceptors (Lipinski definition) is 4. The molecule has 0 bridgehead atoms. The predicted molar refractivity (Wildman–Crippen MR) is 91.7 cm³/mol. The highest BCUT2D eigenvalue weighted by Gasteiger charge is 2.29. The lowest BCUT2D eigenvalue weighted by atomic mass is 10.3. The lowest BCUT2D eigenvalue weighted by Crippen LogP contribution is -2.27. The van der Waals surface area contributed by atoms with Gasteiger partial charge in [-0.05, 0) is 37.1 Å². The molecule has 1 aromatic carbocycles. The number of nitrogens with zero attached hydrogens (tertiary/aromatic N) is 1. The Balaban J connectivity index is 1.79. The van der Waals surface area contributed by atoms with Gasteiger partial charge in [0.15, 0.2) is 0 Å². The summed E-state index contributed by atoms with van der Waals surface area (Å²) in [7, 11) is -3.49. The molecule has 0 unspecified atom stereocenters. The van der Waals surface area contributed by atoms with E-state index in [0.717, 1.165) is 24.2 Å². The smallest absolute Gasteiger partial charge is 0.265 e. The molecule has 122 valence electrons. The first-order chi connectivity index (χ1) is 11.0. The summed E-state index contributed by atoms with van der Waals surface area (Å²) >= 11 is 6.98. The van der Waals surface area contributed by atoms with Crippen molar-refractivity contribution >= 4 is 44.6 Å². The minimum absolute atomic E-state index is 0.198. The van der Waals surface area contributed by atoms with Crippen molar-refractivity contribution in [3.05, 3.63) is 46.3 Å². The van der Waals surface area contributed by atoms with Gasteiger partial charge < -0.3 is 5.32 Å². The monoisotopic (exact) mass is 370 g/mol. The number of anilines is 1. The molecule has 1 N–H and O–H groups in total. The molecule has 0 radical (unpaired) electrons. The van der Waals surface area contributed by atoms with Gasteiger partial charge in [0.05, 0.1) is 15.6 Å². The van der Waals surface area contributed by atoms with Gasteiger partial charge in [-0.2, -0.15) is 4.31 Å². The van der Waals surface area contributed by atoms with Gasteiger partial charge in [-0.3, -0.25) is 4.79 Å². The van der Waals surface area contributed by atoms with Crippen LogP contribution in [0, 0.1) is 0 Å². The SMILES string of the molecule is O=C(Nc1ccccc1Cl)c1ccc(S(=O)(=O)N2CCCC2)s1. The third-order valence-electron chi connectivity index (χ3n) is 3.59. The van der Waals surface area contributed by atoms with Crippen molar-refractivity contribution in [3.63, 3.8) is 0 Å². The Hall–Kier alpha value is -1.41. The van der Waals surface area contributed by atoms with Crippen LogP contribution in [0.15, 0.2) is 40.6 Å². The first-order valence-corrected chi connectivity index (χ1v) is 9.78. The summed E-state index contributed by atoms with van der Waals surface area (Å²) in [6, 6.07) is 9.91. The third-order valence-corrected chi connectivity index (χ3v) is 7.37. The summed E-state index contributed by atoms with van der Waals surface area (Å²) in [5, 5.41) is 3.12. The molecule has 1 fully saturated rings. The number of thiophene rings is 1. The molecule has 1 saturated heterocycles. The Labute approximate surface area is 143 Å². The molecule has 0 aliphatic carbocycles. The molecule has 1 aliphatic rings. The topological polar surface area (TPSA) is 66.5 Å². The molecule has 1 aliphatic heterocycles. The molecule has 2 aromatic rings. The molecule has 23 heavy (non-hydrogen) atoms. The van der Waals surface area contributed by atoms with Crippen LogP contribution in [0.25, 0.3) is 0 Å². The van der Waals surface area contributed by atoms with Gasteiger partial charge in [0.25, 0.3) is 15.9 Å². The number of para-hydroxylation sites is 1. The highest BCUT2D eigenvalue weighted by Crippen LogP contribution is 2.28. The van der Waals surface area contributed by atoms with E-state index < -0.39 is 10.0 Å². The number of hydrogen-bond donors (Lipinski definition) is 1. The number of carbonyl (C=O) groups excluding carboxylic acids is 1. The first-order valence-electron chi connectivity index (χ1n) is 7.14. The maximum atomic E-state index is 12.5. The van der Waals surface area contributed by atoms with Crippen LogP contribution < -0.4 is 5.32 Å². The molecule has 1 aromatic heterocycles. The van der Waals surface area contributed by atoms with Crippen LogP contribution in [0.2, 0.25) is 5.02 Å². The summed E-state index contributed by atoms with van der Waals surface area (Å²) in [4.78, 5) is 12.6. The number of carbonyl (C=O) groups is 1. The van der Waals surface area contributed by atoms with Crippen molar-refractivity contribution in [2.75, 3.05) is 18.4 Å². The minimum Gasteiger partial charge on any atom is -0.320 e. The normalized spacial score (nSPS) is 15.7. The number of amides is 1. The first kappa shape index (κ1) is 16.4. The van der Waals surface area contributed by atoms with Gasteiger partial charge in [0.2, 0.25) is 0 Å². The summed E-state index contributed by atoms with van der Waals surface area (Å²) in [5.41, 5.74) is 0.497. The zero-order valence-electron chi connectivity index (χ0n) is 12.2. The average Bonchev–Trinajstić information content (AvgIpc) is 3.21. The number of sulfonamides is 1. The van der Waals surface area contributed by atoms with E-state index in [1.54, 1.807) is 24.3 Å². The van der Waals surface area contributed by atoms with E-state index >= 15 is 0 Å². The summed E-state index contributed by atoms with van der Waals surface area (Å²) in [6.45, 7) is 1.09. The molecule has 1 amide bonds. The van der Waals surface area contributed by atoms with Crippen LogP contribution in [0.1, 0.15) is 22.5 Å². The summed E-state index contributed by atoms with van der Waals surface area (Å²) in [5.74, 6) is -0.369. The van der Waals surface area contributed by atoms with Gasteiger partial charge in [-0.25, -0.2) is 8.42 Å². The predicted octanol–water partition coefficient (Wildman–Crippen LogP) is 3.44. The second-order valence-corrected chi connectivity index (χ2v) is 8.82. The molecule has 5 nitrogen and oxygen atoms in total. The van der Waals surface area contributed by atoms with E-state index in [1.807, 2.05) is 0 Å². The van der Waals surface area contributed by atoms with Gasteiger partial charge >= 0.3 is 0 Å². The van der Waals surface area contributed by atoms with E-state index in [9.17, 15) is 13.2 Å². The fourth-order valence-electron chi connectivity index (χ4n) is 2.38. The Bertz CT molecular complexity index is 827. The van der Waals surface area contributed by atoms with Gasteiger partial charge in [0.1, 0.15) is 4.21 Å². The fraction of sp³-hybridized carbons (Fsp3) is 0.267. The van der Waals surface area contributed by atoms with Crippen molar-refractivity contribution in [1.29, 1.82) is 0 Å². The van der Waals surface area contributed by atoms with Crippen LogP contribution in [-0.4, -0.2) is 31.7 Å². The second kappa shape index (κ2) is 6.60. The Kier molecular flexibility index (Phi) is 4.72. The van der Waals surface area contributed by atoms with Crippen LogP contribution in [0.3, 0.4) is 0 Å². The van der Waals surface area contributed by atoms with E-state index in [0.29, 0.717) is 28.7 Å². The summed E-state index contributed by atoms with van der Waals surface area (Å²) in [6.07, 6.45) is 1.76. The Morgan fingerprint density at radius 2 is 1.83 bits per heavy atom. The molecule has 0 saturated carbocycles. The van der Waals surface area contributed by atoms with Crippen LogP contribution in [0.4, 0.5) is 5.69 Å². The lowest BCUT2D eigenvalue weighted by molar-refractivity contribution is 0.103. The highest BCUT2D eigenvalue weighted by molar-refractivity contribution is 7.91. The quantitative estimate of drug-likeness (QED) is 0.896. The largest absolute Gasteiger partial charge is 0.320 e. The van der Waals surface area contributed by atoms with Crippen molar-refractivity contribution in [2.24, 2.45) is 0 Å². The van der Waals surface area contributed by atoms with Crippen molar-refractivity contribution < 1.29 is 13.2 Å². The maximum Gasteiger partial charge on any atom is 0.265 e. The van der Waals surface area contributed by atoms with Crippen molar-refractivity contribution in [2.45, 2.75) is 17.1 Å². The van der Waals surface area contributed by atoms with Crippen molar-refractivity contribution in [3.8, 4) is 0 Å². The molecule has 3 rings (SSSR count). The third kappa shape index (κ3) is 3.42. The number of halogens is 1. The minimum atomic E-state index is -3.49. The van der Waals surface area contributed by atoms with Crippen LogP contribution in [0.5, 0.6) is 0 Å². The van der Waals surface area contributed by atoms with Gasteiger partial charge in [-0.1, -0.05) is 23.7 Å². The highest BCUT2D eigenvalue weighted by atomic mass is 35.5. The maximum absolute atomic E-state index is 12.5. The number of rotatable bonds is 4. The average molecular weight is 371 g/mol. The number of benzene rings is 1. The molecule has 0 atom stereocenters. The fourth-order valence-corrected chi connectivity index (χ4v) is 5.44. The number of nitrogens with one attached hydrogen (secondary N) is 1. The lowest BCUT2D eigenvalue weighted by Gasteiger charge is -2.13. The van der Waals surface area contributed by atoms with Crippen molar-refractivity contribution in [1.82, 2.24) is 4.31 Å². The standard InChI is InChI=1S/C15H15ClN2O3S2/c16-11-5-1-2-6-12(11)17-15(19)13-7-8-14(22-13)23(20,21)18-9-3-4-10-18/h1-2,5-8H,3-4,9-10H2,(H,17,19). The molecular formula is C15H15ClN2O3S2. The summed E-state index contributed by atoms with van der Waals surface area (Å²) < 4.78 is 26.6. The van der Waals surface area contributed by atoms with E-state index in [2.05, 4.69) is 5.32 Å². The van der Waals surface area contributed by atoms with Crippen LogP contribution >= 0.6 is 22.9 Å². The second-order valence-electron chi connectivity index (χ2n) is 5.16. The van der Waals surface area contributed by atoms with E-state index in [1.165, 1.54) is 16.4 Å². The van der Waals surface area contributed by atoms with Crippen LogP contribution in [-0.2, 0) is 10.0 Å². The zero-order valence-corrected chi connectivity index (χ0v) is 14.5. The molecule has 2 heterocycles. The van der Waals surface area contributed by atoms with Gasteiger partial charge in [0, 0.05) is 13.1 Å².